The SMILES string of the molecule is COc1ccc2c(c1)C(CN1CCNCC1)CN2S(=O)(=O)c1ccccc1Br. The van der Waals surface area contributed by atoms with Crippen molar-refractivity contribution >= 4 is 31.6 Å². The van der Waals surface area contributed by atoms with Gasteiger partial charge in [-0.15, -0.1) is 0 Å². The maximum absolute atomic E-state index is 13.5. The van der Waals surface area contributed by atoms with Gasteiger partial charge in [-0.05, 0) is 51.8 Å². The molecular weight excluding hydrogens is 442 g/mol. The molecule has 0 spiro atoms. The molecule has 1 atom stereocenters. The smallest absolute Gasteiger partial charge is 0.265 e. The average molecular weight is 466 g/mol. The minimum absolute atomic E-state index is 0.112. The Morgan fingerprint density at radius 3 is 2.64 bits per heavy atom. The van der Waals surface area contributed by atoms with E-state index in [1.54, 1.807) is 29.6 Å². The van der Waals surface area contributed by atoms with Gasteiger partial charge in [0, 0.05) is 49.7 Å². The second-order valence-corrected chi connectivity index (χ2v) is 9.82. The van der Waals surface area contributed by atoms with Crippen LogP contribution in [0, 0.1) is 0 Å². The van der Waals surface area contributed by atoms with Crippen LogP contribution >= 0.6 is 15.9 Å². The number of fused-ring (bicyclic) bond motifs is 1. The fourth-order valence-corrected chi connectivity index (χ4v) is 6.47. The van der Waals surface area contributed by atoms with Crippen molar-refractivity contribution in [3.05, 3.63) is 52.5 Å². The standard InChI is InChI=1S/C20H24BrN3O3S/c1-27-16-6-7-19-17(12-16)15(13-23-10-8-22-9-11-23)14-24(19)28(25,26)20-5-3-2-4-18(20)21/h2-7,12,15,22H,8-11,13-14H2,1H3. The number of ether oxygens (including phenoxy) is 1. The number of rotatable bonds is 5. The van der Waals surface area contributed by atoms with Gasteiger partial charge < -0.3 is 15.0 Å². The first-order valence-electron chi connectivity index (χ1n) is 9.39. The summed E-state index contributed by atoms with van der Waals surface area (Å²) in [6.07, 6.45) is 0. The van der Waals surface area contributed by atoms with Gasteiger partial charge in [-0.1, -0.05) is 12.1 Å². The van der Waals surface area contributed by atoms with Crippen LogP contribution < -0.4 is 14.4 Å². The van der Waals surface area contributed by atoms with Crippen LogP contribution in [0.1, 0.15) is 11.5 Å². The predicted octanol–water partition coefficient (Wildman–Crippen LogP) is 2.66. The van der Waals surface area contributed by atoms with E-state index in [9.17, 15) is 8.42 Å². The van der Waals surface area contributed by atoms with E-state index >= 15 is 0 Å². The highest BCUT2D eigenvalue weighted by molar-refractivity contribution is 9.10. The zero-order valence-corrected chi connectivity index (χ0v) is 18.2. The average Bonchev–Trinajstić information content (AvgIpc) is 3.07. The number of hydrogen-bond donors (Lipinski definition) is 1. The van der Waals surface area contributed by atoms with Crippen molar-refractivity contribution in [2.24, 2.45) is 0 Å². The summed E-state index contributed by atoms with van der Waals surface area (Å²) in [7, 11) is -2.02. The first-order valence-corrected chi connectivity index (χ1v) is 11.6. The summed E-state index contributed by atoms with van der Waals surface area (Å²) in [5.41, 5.74) is 1.78. The lowest BCUT2D eigenvalue weighted by Gasteiger charge is -2.30. The molecule has 4 rings (SSSR count). The Bertz CT molecular complexity index is 961. The number of sulfonamides is 1. The van der Waals surface area contributed by atoms with E-state index in [2.05, 4.69) is 26.1 Å². The molecule has 28 heavy (non-hydrogen) atoms. The van der Waals surface area contributed by atoms with E-state index in [1.807, 2.05) is 24.3 Å². The van der Waals surface area contributed by atoms with E-state index in [4.69, 9.17) is 4.74 Å². The van der Waals surface area contributed by atoms with Gasteiger partial charge in [-0.3, -0.25) is 4.31 Å². The fourth-order valence-electron chi connectivity index (χ4n) is 3.97. The number of piperazine rings is 1. The highest BCUT2D eigenvalue weighted by atomic mass is 79.9. The van der Waals surface area contributed by atoms with Gasteiger partial charge in [0.05, 0.1) is 12.8 Å². The van der Waals surface area contributed by atoms with Gasteiger partial charge in [-0.25, -0.2) is 8.42 Å². The molecule has 0 aliphatic carbocycles. The molecule has 150 valence electrons. The fraction of sp³-hybridized carbons (Fsp3) is 0.400. The highest BCUT2D eigenvalue weighted by Crippen LogP contribution is 2.42. The van der Waals surface area contributed by atoms with Gasteiger partial charge >= 0.3 is 0 Å². The van der Waals surface area contributed by atoms with Gasteiger partial charge in [-0.2, -0.15) is 0 Å². The molecule has 2 aliphatic heterocycles. The van der Waals surface area contributed by atoms with Crippen LogP contribution in [0.3, 0.4) is 0 Å². The molecule has 2 aromatic rings. The molecule has 6 nitrogen and oxygen atoms in total. The zero-order chi connectivity index (χ0) is 19.7. The molecule has 1 N–H and O–H groups in total. The molecule has 0 aromatic heterocycles. The Balaban J connectivity index is 1.71. The first-order chi connectivity index (χ1) is 13.5. The van der Waals surface area contributed by atoms with Crippen molar-refractivity contribution in [2.45, 2.75) is 10.8 Å². The third-order valence-electron chi connectivity index (χ3n) is 5.42. The van der Waals surface area contributed by atoms with Crippen molar-refractivity contribution in [1.82, 2.24) is 10.2 Å². The molecule has 0 bridgehead atoms. The highest BCUT2D eigenvalue weighted by Gasteiger charge is 2.38. The number of methoxy groups -OCH3 is 1. The van der Waals surface area contributed by atoms with Crippen LogP contribution in [0.15, 0.2) is 51.8 Å². The Morgan fingerprint density at radius 2 is 1.93 bits per heavy atom. The Kier molecular flexibility index (Phi) is 5.64. The molecule has 1 saturated heterocycles. The van der Waals surface area contributed by atoms with E-state index in [0.29, 0.717) is 15.9 Å². The number of benzene rings is 2. The molecular formula is C20H24BrN3O3S. The number of anilines is 1. The topological polar surface area (TPSA) is 61.9 Å². The van der Waals surface area contributed by atoms with Crippen molar-refractivity contribution in [2.75, 3.05) is 50.7 Å². The monoisotopic (exact) mass is 465 g/mol. The van der Waals surface area contributed by atoms with Crippen LogP contribution in [0.4, 0.5) is 5.69 Å². The molecule has 2 heterocycles. The Hall–Kier alpha value is -1.61. The van der Waals surface area contributed by atoms with Crippen molar-refractivity contribution in [1.29, 1.82) is 0 Å². The molecule has 0 radical (unpaired) electrons. The molecule has 0 saturated carbocycles. The van der Waals surface area contributed by atoms with E-state index in [1.165, 1.54) is 0 Å². The van der Waals surface area contributed by atoms with Crippen molar-refractivity contribution in [3.8, 4) is 5.75 Å². The number of hydrogen-bond acceptors (Lipinski definition) is 5. The van der Waals surface area contributed by atoms with Gasteiger partial charge in [0.2, 0.25) is 0 Å². The second-order valence-electron chi connectivity index (χ2n) is 7.14. The van der Waals surface area contributed by atoms with Crippen molar-refractivity contribution in [3.63, 3.8) is 0 Å². The summed E-state index contributed by atoms with van der Waals surface area (Å²) in [6.45, 7) is 5.17. The van der Waals surface area contributed by atoms with Crippen molar-refractivity contribution < 1.29 is 13.2 Å². The van der Waals surface area contributed by atoms with Crippen LogP contribution in [0.5, 0.6) is 5.75 Å². The maximum Gasteiger partial charge on any atom is 0.265 e. The summed E-state index contributed by atoms with van der Waals surface area (Å²) in [5.74, 6) is 0.865. The summed E-state index contributed by atoms with van der Waals surface area (Å²) in [5, 5.41) is 3.36. The Morgan fingerprint density at radius 1 is 1.18 bits per heavy atom. The molecule has 2 aliphatic rings. The quantitative estimate of drug-likeness (QED) is 0.735. The largest absolute Gasteiger partial charge is 0.497 e. The first kappa shape index (κ1) is 19.7. The number of nitrogens with one attached hydrogen (secondary N) is 1. The van der Waals surface area contributed by atoms with E-state index in [0.717, 1.165) is 49.7 Å². The minimum atomic E-state index is -3.66. The summed E-state index contributed by atoms with van der Waals surface area (Å²) < 4.78 is 34.4. The molecule has 1 unspecified atom stereocenters. The Labute approximate surface area is 174 Å². The summed E-state index contributed by atoms with van der Waals surface area (Å²) in [6, 6.07) is 12.6. The number of nitrogens with zero attached hydrogens (tertiary/aromatic N) is 2. The summed E-state index contributed by atoms with van der Waals surface area (Å²) in [4.78, 5) is 2.69. The lowest BCUT2D eigenvalue weighted by atomic mass is 10.00. The van der Waals surface area contributed by atoms with Gasteiger partial charge in [0.1, 0.15) is 10.6 Å². The molecule has 1 fully saturated rings. The maximum atomic E-state index is 13.5. The third kappa shape index (κ3) is 3.66. The number of halogens is 1. The van der Waals surface area contributed by atoms with Crippen LogP contribution in [0.2, 0.25) is 0 Å². The van der Waals surface area contributed by atoms with E-state index in [-0.39, 0.29) is 5.92 Å². The second kappa shape index (κ2) is 8.02. The summed E-state index contributed by atoms with van der Waals surface area (Å²) >= 11 is 3.40. The van der Waals surface area contributed by atoms with Crippen LogP contribution in [0.25, 0.3) is 0 Å². The lowest BCUT2D eigenvalue weighted by molar-refractivity contribution is 0.230. The van der Waals surface area contributed by atoms with Gasteiger partial charge in [0.15, 0.2) is 0 Å². The third-order valence-corrected chi connectivity index (χ3v) is 8.21. The van der Waals surface area contributed by atoms with E-state index < -0.39 is 10.0 Å². The van der Waals surface area contributed by atoms with Gasteiger partial charge in [0.25, 0.3) is 10.0 Å². The molecule has 0 amide bonds. The molecule has 8 heteroatoms. The normalized spacial score (nSPS) is 20.2. The lowest BCUT2D eigenvalue weighted by Crippen LogP contribution is -2.45. The zero-order valence-electron chi connectivity index (χ0n) is 15.8. The molecule has 2 aromatic carbocycles. The predicted molar refractivity (Wildman–Crippen MR) is 114 cm³/mol. The minimum Gasteiger partial charge on any atom is -0.497 e. The van der Waals surface area contributed by atoms with Crippen LogP contribution in [-0.2, 0) is 10.0 Å². The van der Waals surface area contributed by atoms with Crippen LogP contribution in [-0.4, -0.2) is 59.7 Å².